The fourth-order valence-electron chi connectivity index (χ4n) is 2.47. The Hall–Kier alpha value is -3.04. The minimum Gasteiger partial charge on any atom is -0.493 e. The number of nitrogens with zero attached hydrogens (tertiary/aromatic N) is 2. The maximum absolute atomic E-state index is 12.2. The van der Waals surface area contributed by atoms with Crippen molar-refractivity contribution in [3.8, 4) is 17.6 Å². The molecule has 25 heavy (non-hydrogen) atoms. The molecule has 0 aromatic heterocycles. The normalized spacial score (nSPS) is 10.2. The molecule has 0 saturated carbocycles. The second-order valence-corrected chi connectivity index (χ2v) is 5.60. The molecule has 0 saturated heterocycles. The molecule has 0 aliphatic rings. The molecule has 0 spiro atoms. The van der Waals surface area contributed by atoms with E-state index in [4.69, 9.17) is 14.7 Å². The molecule has 6 nitrogen and oxygen atoms in total. The number of carbonyl (C=O) groups is 1. The summed E-state index contributed by atoms with van der Waals surface area (Å²) in [7, 11) is 4.96. The average Bonchev–Trinajstić information content (AvgIpc) is 2.61. The maximum Gasteiger partial charge on any atom is 0.238 e. The van der Waals surface area contributed by atoms with Gasteiger partial charge < -0.3 is 14.8 Å². The van der Waals surface area contributed by atoms with E-state index in [1.54, 1.807) is 38.5 Å². The summed E-state index contributed by atoms with van der Waals surface area (Å²) in [5, 5.41) is 11.8. The molecule has 0 radical (unpaired) electrons. The van der Waals surface area contributed by atoms with Gasteiger partial charge in [-0.25, -0.2) is 0 Å². The van der Waals surface area contributed by atoms with Crippen LogP contribution in [0.2, 0.25) is 0 Å². The second-order valence-electron chi connectivity index (χ2n) is 5.60. The lowest BCUT2D eigenvalue weighted by molar-refractivity contribution is -0.117. The van der Waals surface area contributed by atoms with Crippen molar-refractivity contribution in [1.29, 1.82) is 5.26 Å². The Bertz CT molecular complexity index is 784. The highest BCUT2D eigenvalue weighted by molar-refractivity contribution is 5.92. The number of nitrogens with one attached hydrogen (secondary N) is 1. The molecule has 0 aliphatic carbocycles. The average molecular weight is 339 g/mol. The molecule has 0 aliphatic heterocycles. The van der Waals surface area contributed by atoms with Crippen molar-refractivity contribution in [2.45, 2.75) is 6.54 Å². The van der Waals surface area contributed by atoms with E-state index in [2.05, 4.69) is 11.4 Å². The van der Waals surface area contributed by atoms with Crippen LogP contribution in [0.15, 0.2) is 42.5 Å². The molecular formula is C19H21N3O3. The molecule has 0 unspecified atom stereocenters. The second kappa shape index (κ2) is 8.71. The number of benzene rings is 2. The Morgan fingerprint density at radius 1 is 1.16 bits per heavy atom. The van der Waals surface area contributed by atoms with Gasteiger partial charge in [-0.2, -0.15) is 5.26 Å². The molecule has 1 amide bonds. The van der Waals surface area contributed by atoms with E-state index in [9.17, 15) is 4.79 Å². The SMILES string of the molecule is COc1ccc(NC(=O)CN(C)Cc2cccc(C#N)c2)cc1OC. The van der Waals surface area contributed by atoms with E-state index in [0.29, 0.717) is 29.3 Å². The lowest BCUT2D eigenvalue weighted by atomic mass is 10.1. The number of methoxy groups -OCH3 is 2. The first-order chi connectivity index (χ1) is 12.0. The molecule has 0 heterocycles. The van der Waals surface area contributed by atoms with Crippen molar-refractivity contribution in [2.24, 2.45) is 0 Å². The number of hydrogen-bond donors (Lipinski definition) is 1. The van der Waals surface area contributed by atoms with Crippen LogP contribution < -0.4 is 14.8 Å². The third-order valence-corrected chi connectivity index (χ3v) is 3.59. The molecule has 2 aromatic rings. The van der Waals surface area contributed by atoms with Gasteiger partial charge in [-0.05, 0) is 36.9 Å². The van der Waals surface area contributed by atoms with Crippen LogP contribution in [0.1, 0.15) is 11.1 Å². The van der Waals surface area contributed by atoms with Crippen molar-refractivity contribution in [3.05, 3.63) is 53.6 Å². The third kappa shape index (κ3) is 5.23. The molecule has 6 heteroatoms. The lowest BCUT2D eigenvalue weighted by Gasteiger charge is -2.17. The fraction of sp³-hybridized carbons (Fsp3) is 0.263. The number of rotatable bonds is 7. The molecule has 130 valence electrons. The predicted molar refractivity (Wildman–Crippen MR) is 95.7 cm³/mol. The van der Waals surface area contributed by atoms with E-state index in [-0.39, 0.29) is 12.5 Å². The highest BCUT2D eigenvalue weighted by Crippen LogP contribution is 2.29. The van der Waals surface area contributed by atoms with Gasteiger partial charge in [0.25, 0.3) is 0 Å². The lowest BCUT2D eigenvalue weighted by Crippen LogP contribution is -2.29. The van der Waals surface area contributed by atoms with E-state index >= 15 is 0 Å². The van der Waals surface area contributed by atoms with Gasteiger partial charge in [0, 0.05) is 18.3 Å². The quantitative estimate of drug-likeness (QED) is 0.839. The molecule has 1 N–H and O–H groups in total. The summed E-state index contributed by atoms with van der Waals surface area (Å²) in [6, 6.07) is 14.7. The largest absolute Gasteiger partial charge is 0.493 e. The third-order valence-electron chi connectivity index (χ3n) is 3.59. The summed E-state index contributed by atoms with van der Waals surface area (Å²) in [4.78, 5) is 14.1. The molecule has 2 aromatic carbocycles. The van der Waals surface area contributed by atoms with Crippen molar-refractivity contribution in [3.63, 3.8) is 0 Å². The van der Waals surface area contributed by atoms with Gasteiger partial charge >= 0.3 is 0 Å². The zero-order chi connectivity index (χ0) is 18.2. The number of nitriles is 1. The first-order valence-corrected chi connectivity index (χ1v) is 7.75. The van der Waals surface area contributed by atoms with Gasteiger partial charge in [-0.1, -0.05) is 12.1 Å². The summed E-state index contributed by atoms with van der Waals surface area (Å²) >= 11 is 0. The summed E-state index contributed by atoms with van der Waals surface area (Å²) in [5.41, 5.74) is 2.24. The molecule has 2 rings (SSSR count). The number of amides is 1. The van der Waals surface area contributed by atoms with Crippen LogP contribution >= 0.6 is 0 Å². The van der Waals surface area contributed by atoms with Gasteiger partial charge in [0.05, 0.1) is 32.4 Å². The van der Waals surface area contributed by atoms with Gasteiger partial charge in [0.2, 0.25) is 5.91 Å². The zero-order valence-corrected chi connectivity index (χ0v) is 14.6. The van der Waals surface area contributed by atoms with Gasteiger partial charge in [-0.3, -0.25) is 9.69 Å². The Morgan fingerprint density at radius 2 is 1.92 bits per heavy atom. The van der Waals surface area contributed by atoms with Gasteiger partial charge in [-0.15, -0.1) is 0 Å². The van der Waals surface area contributed by atoms with Gasteiger partial charge in [0.1, 0.15) is 0 Å². The first-order valence-electron chi connectivity index (χ1n) is 7.75. The van der Waals surface area contributed by atoms with Crippen LogP contribution in [0.25, 0.3) is 0 Å². The molecule has 0 atom stereocenters. The number of hydrogen-bond acceptors (Lipinski definition) is 5. The van der Waals surface area contributed by atoms with E-state index in [0.717, 1.165) is 5.56 Å². The van der Waals surface area contributed by atoms with Crippen molar-refractivity contribution in [2.75, 3.05) is 33.1 Å². The predicted octanol–water partition coefficient (Wildman–Crippen LogP) is 2.65. The summed E-state index contributed by atoms with van der Waals surface area (Å²) in [5.74, 6) is 1.03. The van der Waals surface area contributed by atoms with Crippen molar-refractivity contribution < 1.29 is 14.3 Å². The van der Waals surface area contributed by atoms with Crippen LogP contribution in [0.3, 0.4) is 0 Å². The smallest absolute Gasteiger partial charge is 0.238 e. The summed E-state index contributed by atoms with van der Waals surface area (Å²) < 4.78 is 10.4. The van der Waals surface area contributed by atoms with Crippen LogP contribution in [0.5, 0.6) is 11.5 Å². The number of ether oxygens (including phenoxy) is 2. The Kier molecular flexibility index (Phi) is 6.38. The number of carbonyl (C=O) groups excluding carboxylic acids is 1. The van der Waals surface area contributed by atoms with E-state index in [1.807, 2.05) is 30.1 Å². The minimum atomic E-state index is -0.133. The maximum atomic E-state index is 12.2. The van der Waals surface area contributed by atoms with Crippen LogP contribution in [0.4, 0.5) is 5.69 Å². The highest BCUT2D eigenvalue weighted by atomic mass is 16.5. The monoisotopic (exact) mass is 339 g/mol. The van der Waals surface area contributed by atoms with Gasteiger partial charge in [0.15, 0.2) is 11.5 Å². The summed E-state index contributed by atoms with van der Waals surface area (Å²) in [6.07, 6.45) is 0. The van der Waals surface area contributed by atoms with Crippen molar-refractivity contribution >= 4 is 11.6 Å². The summed E-state index contributed by atoms with van der Waals surface area (Å²) in [6.45, 7) is 0.806. The zero-order valence-electron chi connectivity index (χ0n) is 14.6. The van der Waals surface area contributed by atoms with Crippen LogP contribution in [-0.2, 0) is 11.3 Å². The minimum absolute atomic E-state index is 0.133. The van der Waals surface area contributed by atoms with E-state index in [1.165, 1.54) is 0 Å². The fourth-order valence-corrected chi connectivity index (χ4v) is 2.47. The molecule has 0 fully saturated rings. The topological polar surface area (TPSA) is 74.6 Å². The van der Waals surface area contributed by atoms with Crippen molar-refractivity contribution in [1.82, 2.24) is 4.90 Å². The van der Waals surface area contributed by atoms with E-state index < -0.39 is 0 Å². The Morgan fingerprint density at radius 3 is 2.60 bits per heavy atom. The standard InChI is InChI=1S/C19H21N3O3/c1-22(12-15-6-4-5-14(9-15)11-20)13-19(23)21-16-7-8-17(24-2)18(10-16)25-3/h4-10H,12-13H2,1-3H3,(H,21,23). The van der Waals surface area contributed by atoms with Crippen LogP contribution in [0, 0.1) is 11.3 Å². The Labute approximate surface area is 147 Å². The number of likely N-dealkylation sites (N-methyl/N-ethyl adjacent to an activating group) is 1. The molecular weight excluding hydrogens is 318 g/mol. The Balaban J connectivity index is 1.94. The van der Waals surface area contributed by atoms with Crippen LogP contribution in [-0.4, -0.2) is 38.6 Å². The number of anilines is 1. The highest BCUT2D eigenvalue weighted by Gasteiger charge is 2.10. The first kappa shape index (κ1) is 18.3. The molecule has 0 bridgehead atoms.